The van der Waals surface area contributed by atoms with Gasteiger partial charge in [-0.15, -0.1) is 11.8 Å². The summed E-state index contributed by atoms with van der Waals surface area (Å²) in [7, 11) is 0. The number of carbonyl (C=O) groups excluding carboxylic acids is 3. The van der Waals surface area contributed by atoms with Gasteiger partial charge in [-0.2, -0.15) is 0 Å². The summed E-state index contributed by atoms with van der Waals surface area (Å²) in [6.07, 6.45) is -0.123. The van der Waals surface area contributed by atoms with Crippen molar-refractivity contribution in [2.24, 2.45) is 0 Å². The lowest BCUT2D eigenvalue weighted by Gasteiger charge is -2.49. The number of aliphatic carboxylic acids is 1. The van der Waals surface area contributed by atoms with Gasteiger partial charge in [-0.1, -0.05) is 36.4 Å². The number of nitrogens with one attached hydrogen (secondary N) is 1. The van der Waals surface area contributed by atoms with Crippen molar-refractivity contribution in [1.82, 2.24) is 10.2 Å². The summed E-state index contributed by atoms with van der Waals surface area (Å²) in [6, 6.07) is 14.4. The molecule has 1 fully saturated rings. The Morgan fingerprint density at radius 2 is 1.81 bits per heavy atom. The number of fused-ring (bicyclic) bond motifs is 1. The minimum absolute atomic E-state index is 0.0155. The van der Waals surface area contributed by atoms with Crippen LogP contribution in [0.15, 0.2) is 65.9 Å². The van der Waals surface area contributed by atoms with Crippen molar-refractivity contribution in [3.8, 4) is 5.75 Å². The molecule has 2 heterocycles. The van der Waals surface area contributed by atoms with Gasteiger partial charge in [0.2, 0.25) is 5.91 Å². The number of β-lactam (4-membered cyclic amide) rings is 1. The van der Waals surface area contributed by atoms with E-state index in [1.165, 1.54) is 16.7 Å². The Morgan fingerprint density at radius 3 is 2.53 bits per heavy atom. The molecule has 2 aliphatic rings. The first-order valence-corrected chi connectivity index (χ1v) is 10.9. The van der Waals surface area contributed by atoms with Crippen LogP contribution >= 0.6 is 11.8 Å². The molecule has 2 amide bonds. The van der Waals surface area contributed by atoms with Crippen LogP contribution in [0.3, 0.4) is 0 Å². The fraction of sp³-hybridized carbons (Fsp3) is 0.217. The van der Waals surface area contributed by atoms with Gasteiger partial charge in [0.05, 0.1) is 12.0 Å². The van der Waals surface area contributed by atoms with Crippen LogP contribution in [0.25, 0.3) is 0 Å². The van der Waals surface area contributed by atoms with Gasteiger partial charge >= 0.3 is 11.9 Å². The third kappa shape index (κ3) is 4.11. The molecule has 2 N–H and O–H groups in total. The molecule has 9 heteroatoms. The molecule has 1 saturated heterocycles. The number of carbonyl (C=O) groups is 4. The highest BCUT2D eigenvalue weighted by Crippen LogP contribution is 2.40. The van der Waals surface area contributed by atoms with Gasteiger partial charge < -0.3 is 15.2 Å². The van der Waals surface area contributed by atoms with Crippen LogP contribution in [0.5, 0.6) is 5.75 Å². The van der Waals surface area contributed by atoms with E-state index in [4.69, 9.17) is 4.74 Å². The van der Waals surface area contributed by atoms with Gasteiger partial charge in [0.15, 0.2) is 0 Å². The van der Waals surface area contributed by atoms with E-state index < -0.39 is 35.2 Å². The number of carboxylic acids is 1. The Kier molecular flexibility index (Phi) is 6.00. The number of amides is 2. The van der Waals surface area contributed by atoms with Crippen LogP contribution in [-0.4, -0.2) is 50.9 Å². The number of esters is 1. The molecule has 2 aromatic rings. The molecule has 2 aliphatic heterocycles. The van der Waals surface area contributed by atoms with E-state index in [2.05, 4.69) is 5.32 Å². The molecule has 32 heavy (non-hydrogen) atoms. The molecule has 0 aromatic heterocycles. The van der Waals surface area contributed by atoms with Gasteiger partial charge in [0, 0.05) is 5.75 Å². The third-order valence-corrected chi connectivity index (χ3v) is 6.64. The zero-order valence-electron chi connectivity index (χ0n) is 17.1. The van der Waals surface area contributed by atoms with Crippen molar-refractivity contribution in [3.05, 3.63) is 77.0 Å². The van der Waals surface area contributed by atoms with E-state index in [0.717, 1.165) is 0 Å². The highest BCUT2D eigenvalue weighted by Gasteiger charge is 2.53. The monoisotopic (exact) mass is 452 g/mol. The average molecular weight is 452 g/mol. The van der Waals surface area contributed by atoms with Crippen LogP contribution in [-0.2, 0) is 20.8 Å². The third-order valence-electron chi connectivity index (χ3n) is 5.22. The van der Waals surface area contributed by atoms with E-state index in [1.807, 2.05) is 0 Å². The molecule has 0 radical (unpaired) electrons. The number of ether oxygens (including phenoxy) is 1. The molecule has 2 aromatic carbocycles. The summed E-state index contributed by atoms with van der Waals surface area (Å²) in [5.41, 5.74) is 1.32. The van der Waals surface area contributed by atoms with Crippen LogP contribution in [0.4, 0.5) is 0 Å². The largest absolute Gasteiger partial charge is 0.477 e. The highest BCUT2D eigenvalue weighted by atomic mass is 32.2. The van der Waals surface area contributed by atoms with Crippen molar-refractivity contribution < 1.29 is 29.0 Å². The molecular weight excluding hydrogens is 432 g/mol. The second kappa shape index (κ2) is 8.88. The van der Waals surface area contributed by atoms with Crippen LogP contribution < -0.4 is 10.1 Å². The lowest BCUT2D eigenvalue weighted by Crippen LogP contribution is -2.70. The van der Waals surface area contributed by atoms with Gasteiger partial charge in [0.1, 0.15) is 22.9 Å². The summed E-state index contributed by atoms with van der Waals surface area (Å²) >= 11 is 1.41. The molecule has 164 valence electrons. The quantitative estimate of drug-likeness (QED) is 0.392. The maximum Gasteiger partial charge on any atom is 0.352 e. The van der Waals surface area contributed by atoms with Gasteiger partial charge in [-0.25, -0.2) is 9.59 Å². The predicted octanol–water partition coefficient (Wildman–Crippen LogP) is 2.21. The van der Waals surface area contributed by atoms with Crippen molar-refractivity contribution in [2.45, 2.75) is 24.8 Å². The predicted molar refractivity (Wildman–Crippen MR) is 117 cm³/mol. The fourth-order valence-corrected chi connectivity index (χ4v) is 4.99. The second-order valence-electron chi connectivity index (χ2n) is 7.43. The zero-order valence-corrected chi connectivity index (χ0v) is 17.9. The number of hydrogen-bond donors (Lipinski definition) is 2. The van der Waals surface area contributed by atoms with Crippen LogP contribution in [0, 0.1) is 0 Å². The fourth-order valence-electron chi connectivity index (χ4n) is 3.70. The zero-order chi connectivity index (χ0) is 22.8. The minimum Gasteiger partial charge on any atom is -0.477 e. The highest BCUT2D eigenvalue weighted by molar-refractivity contribution is 8.00. The Hall–Kier alpha value is -3.59. The molecule has 1 unspecified atom stereocenters. The maximum atomic E-state index is 12.7. The first-order valence-electron chi connectivity index (χ1n) is 9.89. The van der Waals surface area contributed by atoms with E-state index in [0.29, 0.717) is 22.6 Å². The lowest BCUT2D eigenvalue weighted by atomic mass is 10.0. The molecule has 0 saturated carbocycles. The summed E-state index contributed by atoms with van der Waals surface area (Å²) in [4.78, 5) is 50.6. The number of rotatable bonds is 6. The lowest BCUT2D eigenvalue weighted by molar-refractivity contribution is -0.150. The van der Waals surface area contributed by atoms with E-state index in [9.17, 15) is 24.3 Å². The molecule has 0 spiro atoms. The van der Waals surface area contributed by atoms with Crippen molar-refractivity contribution >= 4 is 35.5 Å². The van der Waals surface area contributed by atoms with Crippen molar-refractivity contribution in [3.63, 3.8) is 0 Å². The normalized spacial score (nSPS) is 19.7. The maximum absolute atomic E-state index is 12.7. The SMILES string of the molecule is CC1=C(C(=O)O)N2C(=O)C(NC(=O)Cc3ccccc3C(=O)Oc3ccccc3)[C@H]2SC1. The summed E-state index contributed by atoms with van der Waals surface area (Å²) < 4.78 is 5.37. The van der Waals surface area contributed by atoms with Crippen molar-refractivity contribution in [2.75, 3.05) is 5.75 Å². The van der Waals surface area contributed by atoms with E-state index >= 15 is 0 Å². The summed E-state index contributed by atoms with van der Waals surface area (Å²) in [6.45, 7) is 1.68. The van der Waals surface area contributed by atoms with E-state index in [-0.39, 0.29) is 17.7 Å². The Morgan fingerprint density at radius 1 is 1.12 bits per heavy atom. The average Bonchev–Trinajstić information content (AvgIpc) is 2.78. The Bertz CT molecular complexity index is 1130. The van der Waals surface area contributed by atoms with Gasteiger partial charge in [-0.05, 0) is 36.3 Å². The standard InChI is InChI=1S/C23H20N2O6S/c1-13-12-32-21-18(20(27)25(21)19(13)22(28)29)24-17(26)11-14-7-5-6-10-16(14)23(30)31-15-8-3-2-4-9-15/h2-10,18,21H,11-12H2,1H3,(H,24,26)(H,28,29)/t18?,21-/m1/s1. The molecule has 8 nitrogen and oxygen atoms in total. The molecule has 2 atom stereocenters. The molecule has 4 rings (SSSR count). The Labute approximate surface area is 188 Å². The topological polar surface area (TPSA) is 113 Å². The number of carboxylic acid groups (broad SMARTS) is 1. The van der Waals surface area contributed by atoms with Crippen LogP contribution in [0.1, 0.15) is 22.8 Å². The van der Waals surface area contributed by atoms with Gasteiger partial charge in [0.25, 0.3) is 5.91 Å². The smallest absolute Gasteiger partial charge is 0.352 e. The molecule has 0 bridgehead atoms. The number of benzene rings is 2. The first kappa shape index (κ1) is 21.6. The molecular formula is C23H20N2O6S. The summed E-state index contributed by atoms with van der Waals surface area (Å²) in [5.74, 6) is -1.77. The minimum atomic E-state index is -1.16. The second-order valence-corrected chi connectivity index (χ2v) is 8.53. The number of nitrogens with zero attached hydrogens (tertiary/aromatic N) is 1. The first-order chi connectivity index (χ1) is 15.4. The molecule has 0 aliphatic carbocycles. The number of thioether (sulfide) groups is 1. The van der Waals surface area contributed by atoms with E-state index in [1.54, 1.807) is 61.5 Å². The van der Waals surface area contributed by atoms with Crippen LogP contribution in [0.2, 0.25) is 0 Å². The van der Waals surface area contributed by atoms with Crippen molar-refractivity contribution in [1.29, 1.82) is 0 Å². The Balaban J connectivity index is 1.43. The number of hydrogen-bond acceptors (Lipinski definition) is 6. The van der Waals surface area contributed by atoms with Gasteiger partial charge in [-0.3, -0.25) is 14.5 Å². The summed E-state index contributed by atoms with van der Waals surface area (Å²) in [5, 5.41) is 11.6. The number of para-hydroxylation sites is 1.